The van der Waals surface area contributed by atoms with Crippen molar-refractivity contribution in [2.45, 2.75) is 37.6 Å². The molecule has 2 nitrogen and oxygen atoms in total. The highest BCUT2D eigenvalue weighted by molar-refractivity contribution is 6.30. The van der Waals surface area contributed by atoms with Gasteiger partial charge in [0, 0.05) is 23.4 Å². The molecule has 0 radical (unpaired) electrons. The molecule has 5 aromatic rings. The summed E-state index contributed by atoms with van der Waals surface area (Å²) in [4.78, 5) is 5.09. The van der Waals surface area contributed by atoms with Gasteiger partial charge < -0.3 is 4.57 Å². The Morgan fingerprint density at radius 1 is 0.765 bits per heavy atom. The standard InChI is InChI=1S/C31H27ClN2/c32-27-16-13-24(14-17-27)30(23-9-5-2-6-10-23)26-15-18-28-29(21-26)34(31(33-28)25-11-12-25)20-19-22-7-3-1-4-8-22/h1-10,13-18,21,25,30H,11-12,19-20H2. The number of aromatic nitrogens is 2. The van der Waals surface area contributed by atoms with Gasteiger partial charge in [0.2, 0.25) is 0 Å². The summed E-state index contributed by atoms with van der Waals surface area (Å²) in [6.45, 7) is 0.951. The maximum absolute atomic E-state index is 6.22. The molecule has 0 aliphatic heterocycles. The Kier molecular flexibility index (Phi) is 5.68. The van der Waals surface area contributed by atoms with Gasteiger partial charge in [0.1, 0.15) is 5.82 Å². The van der Waals surface area contributed by atoms with Crippen molar-refractivity contribution >= 4 is 22.6 Å². The van der Waals surface area contributed by atoms with Crippen LogP contribution >= 0.6 is 11.6 Å². The Balaban J connectivity index is 1.45. The lowest BCUT2D eigenvalue weighted by atomic mass is 9.85. The van der Waals surface area contributed by atoms with Gasteiger partial charge in [-0.25, -0.2) is 4.98 Å². The minimum atomic E-state index is 0.143. The van der Waals surface area contributed by atoms with Crippen molar-refractivity contribution in [2.75, 3.05) is 0 Å². The lowest BCUT2D eigenvalue weighted by molar-refractivity contribution is 0.670. The summed E-state index contributed by atoms with van der Waals surface area (Å²) >= 11 is 6.22. The van der Waals surface area contributed by atoms with E-state index in [1.807, 2.05) is 12.1 Å². The van der Waals surface area contributed by atoms with Crippen molar-refractivity contribution in [3.8, 4) is 0 Å². The summed E-state index contributed by atoms with van der Waals surface area (Å²) in [5.74, 6) is 2.00. The Hall–Kier alpha value is -3.36. The van der Waals surface area contributed by atoms with Gasteiger partial charge in [-0.3, -0.25) is 0 Å². The molecule has 1 fully saturated rings. The highest BCUT2D eigenvalue weighted by Gasteiger charge is 2.30. The SMILES string of the molecule is Clc1ccc(C(c2ccccc2)c2ccc3nc(C4CC4)n(CCc4ccccc4)c3c2)cc1. The Bertz CT molecular complexity index is 1400. The predicted octanol–water partition coefficient (Wildman–Crippen LogP) is 7.99. The first-order valence-corrected chi connectivity index (χ1v) is 12.5. The minimum absolute atomic E-state index is 0.143. The fourth-order valence-electron chi connectivity index (χ4n) is 4.99. The average molecular weight is 463 g/mol. The fourth-order valence-corrected chi connectivity index (χ4v) is 5.12. The van der Waals surface area contributed by atoms with Crippen LogP contribution in [-0.4, -0.2) is 9.55 Å². The Morgan fingerprint density at radius 2 is 1.41 bits per heavy atom. The molecule has 1 aliphatic rings. The highest BCUT2D eigenvalue weighted by atomic mass is 35.5. The van der Waals surface area contributed by atoms with Gasteiger partial charge in [0.15, 0.2) is 0 Å². The van der Waals surface area contributed by atoms with Gasteiger partial charge in [0.05, 0.1) is 11.0 Å². The van der Waals surface area contributed by atoms with Gasteiger partial charge in [-0.05, 0) is 65.8 Å². The lowest BCUT2D eigenvalue weighted by Crippen LogP contribution is -2.07. The predicted molar refractivity (Wildman–Crippen MR) is 141 cm³/mol. The summed E-state index contributed by atoms with van der Waals surface area (Å²) in [7, 11) is 0. The zero-order valence-corrected chi connectivity index (χ0v) is 19.8. The third-order valence-corrected chi connectivity index (χ3v) is 7.13. The van der Waals surface area contributed by atoms with E-state index in [0.717, 1.165) is 23.5 Å². The van der Waals surface area contributed by atoms with E-state index < -0.39 is 0 Å². The van der Waals surface area contributed by atoms with E-state index in [-0.39, 0.29) is 5.92 Å². The number of halogens is 1. The third-order valence-electron chi connectivity index (χ3n) is 6.88. The molecule has 4 aromatic carbocycles. The summed E-state index contributed by atoms with van der Waals surface area (Å²) < 4.78 is 2.48. The van der Waals surface area contributed by atoms with Crippen LogP contribution in [0.4, 0.5) is 0 Å². The summed E-state index contributed by atoms with van der Waals surface area (Å²) in [6, 6.07) is 36.6. The van der Waals surface area contributed by atoms with Crippen molar-refractivity contribution in [2.24, 2.45) is 0 Å². The van der Waals surface area contributed by atoms with E-state index in [1.54, 1.807) is 0 Å². The second-order valence-corrected chi connectivity index (χ2v) is 9.71. The van der Waals surface area contributed by atoms with Gasteiger partial charge in [0.25, 0.3) is 0 Å². The first-order valence-electron chi connectivity index (χ1n) is 12.1. The average Bonchev–Trinajstić information content (AvgIpc) is 3.67. The second kappa shape index (κ2) is 9.12. The fraction of sp³-hybridized carbons (Fsp3) is 0.194. The van der Waals surface area contributed by atoms with Crippen LogP contribution in [-0.2, 0) is 13.0 Å². The Morgan fingerprint density at radius 3 is 2.12 bits per heavy atom. The van der Waals surface area contributed by atoms with Crippen LogP contribution in [0.25, 0.3) is 11.0 Å². The van der Waals surface area contributed by atoms with E-state index in [9.17, 15) is 0 Å². The van der Waals surface area contributed by atoms with E-state index in [0.29, 0.717) is 5.92 Å². The summed E-state index contributed by atoms with van der Waals surface area (Å²) in [6.07, 6.45) is 3.51. The van der Waals surface area contributed by atoms with Crippen molar-refractivity contribution < 1.29 is 0 Å². The minimum Gasteiger partial charge on any atom is -0.327 e. The van der Waals surface area contributed by atoms with Crippen LogP contribution in [0.5, 0.6) is 0 Å². The van der Waals surface area contributed by atoms with Crippen molar-refractivity contribution in [1.82, 2.24) is 9.55 Å². The summed E-state index contributed by atoms with van der Waals surface area (Å²) in [5.41, 5.74) is 7.51. The van der Waals surface area contributed by atoms with Gasteiger partial charge in [-0.15, -0.1) is 0 Å². The number of imidazole rings is 1. The maximum Gasteiger partial charge on any atom is 0.113 e. The van der Waals surface area contributed by atoms with Crippen LogP contribution in [0.15, 0.2) is 103 Å². The number of nitrogens with zero attached hydrogens (tertiary/aromatic N) is 2. The molecule has 168 valence electrons. The van der Waals surface area contributed by atoms with E-state index in [1.165, 1.54) is 46.4 Å². The maximum atomic E-state index is 6.22. The molecule has 1 atom stereocenters. The first-order chi connectivity index (χ1) is 16.8. The van der Waals surface area contributed by atoms with Crippen LogP contribution in [0.3, 0.4) is 0 Å². The van der Waals surface area contributed by atoms with Crippen molar-refractivity contribution in [1.29, 1.82) is 0 Å². The Labute approximate surface area is 205 Å². The molecule has 3 heteroatoms. The molecule has 0 spiro atoms. The van der Waals surface area contributed by atoms with E-state index >= 15 is 0 Å². The normalized spacial score (nSPS) is 14.4. The lowest BCUT2D eigenvalue weighted by Gasteiger charge is -2.19. The topological polar surface area (TPSA) is 17.8 Å². The number of fused-ring (bicyclic) bond motifs is 1. The van der Waals surface area contributed by atoms with Crippen LogP contribution in [0, 0.1) is 0 Å². The summed E-state index contributed by atoms with van der Waals surface area (Å²) in [5, 5.41) is 0.763. The van der Waals surface area contributed by atoms with Crippen LogP contribution < -0.4 is 0 Å². The molecule has 0 N–H and O–H groups in total. The third kappa shape index (κ3) is 4.26. The molecule has 1 heterocycles. The van der Waals surface area contributed by atoms with Gasteiger partial charge >= 0.3 is 0 Å². The zero-order valence-electron chi connectivity index (χ0n) is 19.1. The number of aryl methyl sites for hydroxylation is 2. The first kappa shape index (κ1) is 21.2. The van der Waals surface area contributed by atoms with Gasteiger partial charge in [-0.1, -0.05) is 90.5 Å². The number of benzene rings is 4. The molecule has 1 aliphatic carbocycles. The molecule has 34 heavy (non-hydrogen) atoms. The molecule has 0 saturated heterocycles. The van der Waals surface area contributed by atoms with Crippen molar-refractivity contribution in [3.05, 3.63) is 136 Å². The molecular formula is C31H27ClN2. The van der Waals surface area contributed by atoms with Crippen LogP contribution in [0.1, 0.15) is 52.8 Å². The molecule has 1 aromatic heterocycles. The molecular weight excluding hydrogens is 436 g/mol. The molecule has 1 unspecified atom stereocenters. The van der Waals surface area contributed by atoms with Gasteiger partial charge in [-0.2, -0.15) is 0 Å². The smallest absolute Gasteiger partial charge is 0.113 e. The number of rotatable bonds is 7. The number of hydrogen-bond donors (Lipinski definition) is 0. The highest BCUT2D eigenvalue weighted by Crippen LogP contribution is 2.41. The molecule has 6 rings (SSSR count). The number of hydrogen-bond acceptors (Lipinski definition) is 1. The van der Waals surface area contributed by atoms with E-state index in [4.69, 9.17) is 16.6 Å². The van der Waals surface area contributed by atoms with E-state index in [2.05, 4.69) is 95.6 Å². The quantitative estimate of drug-likeness (QED) is 0.224. The largest absolute Gasteiger partial charge is 0.327 e. The van der Waals surface area contributed by atoms with Crippen molar-refractivity contribution in [3.63, 3.8) is 0 Å². The second-order valence-electron chi connectivity index (χ2n) is 9.27. The van der Waals surface area contributed by atoms with Crippen LogP contribution in [0.2, 0.25) is 5.02 Å². The molecule has 0 bridgehead atoms. The molecule has 0 amide bonds. The zero-order chi connectivity index (χ0) is 22.9. The monoisotopic (exact) mass is 462 g/mol. The molecule has 1 saturated carbocycles.